The normalized spacial score (nSPS) is 23.5. The summed E-state index contributed by atoms with van der Waals surface area (Å²) in [5, 5.41) is 3.52. The Kier molecular flexibility index (Phi) is 3.44. The molecule has 3 heteroatoms. The van der Waals surface area contributed by atoms with Gasteiger partial charge >= 0.3 is 0 Å². The van der Waals surface area contributed by atoms with Crippen molar-refractivity contribution in [2.45, 2.75) is 31.8 Å². The van der Waals surface area contributed by atoms with Gasteiger partial charge in [-0.05, 0) is 39.4 Å². The second-order valence-corrected chi connectivity index (χ2v) is 4.47. The maximum atomic E-state index is 5.11. The molecule has 0 bridgehead atoms. The fourth-order valence-corrected chi connectivity index (χ4v) is 2.19. The van der Waals surface area contributed by atoms with E-state index in [4.69, 9.17) is 4.42 Å². The van der Waals surface area contributed by atoms with E-state index in [1.807, 2.05) is 12.3 Å². The summed E-state index contributed by atoms with van der Waals surface area (Å²) in [6.07, 6.45) is 6.21. The van der Waals surface area contributed by atoms with E-state index in [0.717, 1.165) is 6.54 Å². The van der Waals surface area contributed by atoms with Gasteiger partial charge in [0.05, 0.1) is 12.5 Å². The lowest BCUT2D eigenvalue weighted by atomic mass is 10.1. The summed E-state index contributed by atoms with van der Waals surface area (Å²) in [5.74, 6) is 0. The zero-order valence-corrected chi connectivity index (χ0v) is 9.57. The van der Waals surface area contributed by atoms with Gasteiger partial charge < -0.3 is 9.73 Å². The Morgan fingerprint density at radius 3 is 3.13 bits per heavy atom. The van der Waals surface area contributed by atoms with Crippen LogP contribution in [0.25, 0.3) is 0 Å². The van der Waals surface area contributed by atoms with Gasteiger partial charge in [-0.3, -0.25) is 4.90 Å². The molecule has 0 aliphatic carbocycles. The third kappa shape index (κ3) is 2.61. The van der Waals surface area contributed by atoms with Crippen molar-refractivity contribution in [3.05, 3.63) is 24.2 Å². The molecule has 0 saturated carbocycles. The van der Waals surface area contributed by atoms with E-state index in [-0.39, 0.29) is 0 Å². The molecule has 1 N–H and O–H groups in total. The molecule has 0 amide bonds. The average Bonchev–Trinajstić information content (AvgIpc) is 2.88. The smallest absolute Gasteiger partial charge is 0.0950 e. The van der Waals surface area contributed by atoms with Crippen molar-refractivity contribution in [1.82, 2.24) is 10.2 Å². The van der Waals surface area contributed by atoms with Gasteiger partial charge in [0.25, 0.3) is 0 Å². The molecule has 2 atom stereocenters. The summed E-state index contributed by atoms with van der Waals surface area (Å²) in [4.78, 5) is 2.38. The van der Waals surface area contributed by atoms with Crippen LogP contribution in [0.5, 0.6) is 0 Å². The summed E-state index contributed by atoms with van der Waals surface area (Å²) in [5.41, 5.74) is 1.26. The zero-order chi connectivity index (χ0) is 10.7. The van der Waals surface area contributed by atoms with Crippen molar-refractivity contribution in [2.75, 3.05) is 20.1 Å². The third-order valence-electron chi connectivity index (χ3n) is 3.36. The van der Waals surface area contributed by atoms with Gasteiger partial charge in [0, 0.05) is 24.2 Å². The first-order valence-corrected chi connectivity index (χ1v) is 5.73. The maximum Gasteiger partial charge on any atom is 0.0950 e. The predicted octanol–water partition coefficient (Wildman–Crippen LogP) is 2.02. The Hall–Kier alpha value is -0.800. The van der Waals surface area contributed by atoms with Gasteiger partial charge in [-0.1, -0.05) is 0 Å². The molecule has 1 aromatic heterocycles. The molecular weight excluding hydrogens is 188 g/mol. The molecule has 3 nitrogen and oxygen atoms in total. The van der Waals surface area contributed by atoms with Crippen molar-refractivity contribution in [2.24, 2.45) is 0 Å². The van der Waals surface area contributed by atoms with Crippen LogP contribution in [0.2, 0.25) is 0 Å². The molecule has 0 radical (unpaired) electrons. The van der Waals surface area contributed by atoms with Crippen molar-refractivity contribution >= 4 is 0 Å². The number of nitrogens with one attached hydrogen (secondary N) is 1. The van der Waals surface area contributed by atoms with Crippen LogP contribution < -0.4 is 5.32 Å². The van der Waals surface area contributed by atoms with E-state index in [2.05, 4.69) is 24.2 Å². The second kappa shape index (κ2) is 4.81. The molecule has 15 heavy (non-hydrogen) atoms. The highest BCUT2D eigenvalue weighted by atomic mass is 16.3. The van der Waals surface area contributed by atoms with E-state index in [9.17, 15) is 0 Å². The van der Waals surface area contributed by atoms with Gasteiger partial charge in [0.15, 0.2) is 0 Å². The summed E-state index contributed by atoms with van der Waals surface area (Å²) in [6.45, 7) is 4.52. The van der Waals surface area contributed by atoms with Crippen LogP contribution in [0.4, 0.5) is 0 Å². The fraction of sp³-hybridized carbons (Fsp3) is 0.667. The molecule has 1 aromatic rings. The lowest BCUT2D eigenvalue weighted by Crippen LogP contribution is -2.36. The predicted molar refractivity (Wildman–Crippen MR) is 60.8 cm³/mol. The highest BCUT2D eigenvalue weighted by Gasteiger charge is 2.19. The number of hydrogen-bond donors (Lipinski definition) is 1. The minimum Gasteiger partial charge on any atom is -0.472 e. The first-order valence-electron chi connectivity index (χ1n) is 5.73. The molecule has 84 valence electrons. The SMILES string of the molecule is CC(c1ccoc1)N(C)CC1CCCN1. The Bertz CT molecular complexity index is 278. The minimum atomic E-state index is 0.436. The van der Waals surface area contributed by atoms with E-state index < -0.39 is 0 Å². The van der Waals surface area contributed by atoms with E-state index in [1.54, 1.807) is 6.26 Å². The topological polar surface area (TPSA) is 28.4 Å². The fourth-order valence-electron chi connectivity index (χ4n) is 2.19. The van der Waals surface area contributed by atoms with Gasteiger partial charge in [-0.2, -0.15) is 0 Å². The van der Waals surface area contributed by atoms with Crippen LogP contribution in [-0.2, 0) is 0 Å². The number of likely N-dealkylation sites (N-methyl/N-ethyl adjacent to an activating group) is 1. The van der Waals surface area contributed by atoms with Crippen molar-refractivity contribution in [3.63, 3.8) is 0 Å². The van der Waals surface area contributed by atoms with Gasteiger partial charge in [0.2, 0.25) is 0 Å². The van der Waals surface area contributed by atoms with Crippen LogP contribution in [0.15, 0.2) is 23.0 Å². The average molecular weight is 208 g/mol. The molecule has 1 aliphatic heterocycles. The van der Waals surface area contributed by atoms with E-state index in [1.165, 1.54) is 24.9 Å². The van der Waals surface area contributed by atoms with E-state index >= 15 is 0 Å². The highest BCUT2D eigenvalue weighted by Crippen LogP contribution is 2.20. The number of hydrogen-bond acceptors (Lipinski definition) is 3. The highest BCUT2D eigenvalue weighted by molar-refractivity contribution is 5.10. The molecular formula is C12H20N2O. The Morgan fingerprint density at radius 2 is 2.53 bits per heavy atom. The molecule has 1 fully saturated rings. The monoisotopic (exact) mass is 208 g/mol. The molecule has 1 saturated heterocycles. The van der Waals surface area contributed by atoms with Crippen LogP contribution in [0, 0.1) is 0 Å². The quantitative estimate of drug-likeness (QED) is 0.820. The molecule has 2 rings (SSSR count). The standard InChI is InChI=1S/C12H20N2O/c1-10(11-5-7-15-9-11)14(2)8-12-4-3-6-13-12/h5,7,9-10,12-13H,3-4,6,8H2,1-2H3. The summed E-state index contributed by atoms with van der Waals surface area (Å²) in [6, 6.07) is 3.15. The second-order valence-electron chi connectivity index (χ2n) is 4.47. The Morgan fingerprint density at radius 1 is 1.67 bits per heavy atom. The van der Waals surface area contributed by atoms with Crippen molar-refractivity contribution in [1.29, 1.82) is 0 Å². The lowest BCUT2D eigenvalue weighted by molar-refractivity contribution is 0.237. The summed E-state index contributed by atoms with van der Waals surface area (Å²) in [7, 11) is 2.18. The Balaban J connectivity index is 1.87. The minimum absolute atomic E-state index is 0.436. The first-order chi connectivity index (χ1) is 7.27. The van der Waals surface area contributed by atoms with Gasteiger partial charge in [0.1, 0.15) is 0 Å². The number of rotatable bonds is 4. The summed E-state index contributed by atoms with van der Waals surface area (Å²) >= 11 is 0. The van der Waals surface area contributed by atoms with Crippen LogP contribution >= 0.6 is 0 Å². The Labute approximate surface area is 91.4 Å². The molecule has 2 unspecified atom stereocenters. The summed E-state index contributed by atoms with van der Waals surface area (Å²) < 4.78 is 5.11. The molecule has 2 heterocycles. The largest absolute Gasteiger partial charge is 0.472 e. The number of nitrogens with zero attached hydrogens (tertiary/aromatic N) is 1. The van der Waals surface area contributed by atoms with Gasteiger partial charge in [-0.25, -0.2) is 0 Å². The van der Waals surface area contributed by atoms with Crippen molar-refractivity contribution in [3.8, 4) is 0 Å². The third-order valence-corrected chi connectivity index (χ3v) is 3.36. The molecule has 0 spiro atoms. The van der Waals surface area contributed by atoms with Crippen LogP contribution in [0.3, 0.4) is 0 Å². The van der Waals surface area contributed by atoms with E-state index in [0.29, 0.717) is 12.1 Å². The maximum absolute atomic E-state index is 5.11. The van der Waals surface area contributed by atoms with Crippen LogP contribution in [0.1, 0.15) is 31.4 Å². The van der Waals surface area contributed by atoms with Crippen LogP contribution in [-0.4, -0.2) is 31.1 Å². The molecule has 0 aromatic carbocycles. The van der Waals surface area contributed by atoms with Crippen molar-refractivity contribution < 1.29 is 4.42 Å². The number of furan rings is 1. The zero-order valence-electron chi connectivity index (χ0n) is 9.57. The first kappa shape index (κ1) is 10.7. The van der Waals surface area contributed by atoms with Gasteiger partial charge in [-0.15, -0.1) is 0 Å². The molecule has 1 aliphatic rings. The lowest BCUT2D eigenvalue weighted by Gasteiger charge is -2.26.